The molecule has 0 spiro atoms. The minimum absolute atomic E-state index is 0.179. The number of methoxy groups -OCH3 is 1. The number of rotatable bonds is 6. The number of aryl methyl sites for hydroxylation is 1. The third-order valence-electron chi connectivity index (χ3n) is 3.83. The average molecular weight is 349 g/mol. The van der Waals surface area contributed by atoms with Crippen molar-refractivity contribution >= 4 is 5.91 Å². The van der Waals surface area contributed by atoms with Crippen LogP contribution in [0.3, 0.4) is 0 Å². The van der Waals surface area contributed by atoms with Gasteiger partial charge in [0.25, 0.3) is 5.91 Å². The predicted octanol–water partition coefficient (Wildman–Crippen LogP) is 2.22. The Labute approximate surface area is 151 Å². The molecule has 0 fully saturated rings. The molecule has 26 heavy (non-hydrogen) atoms. The minimum atomic E-state index is -0.179. The van der Waals surface area contributed by atoms with E-state index in [2.05, 4.69) is 25.3 Å². The number of pyridine rings is 2. The highest BCUT2D eigenvalue weighted by Crippen LogP contribution is 2.21. The van der Waals surface area contributed by atoms with E-state index in [1.165, 1.54) is 7.11 Å². The van der Waals surface area contributed by atoms with Gasteiger partial charge in [-0.25, -0.2) is 15.0 Å². The molecular weight excluding hydrogens is 330 g/mol. The van der Waals surface area contributed by atoms with E-state index < -0.39 is 0 Å². The molecule has 3 aromatic rings. The normalized spacial score (nSPS) is 10.4. The maximum atomic E-state index is 12.3. The van der Waals surface area contributed by atoms with Gasteiger partial charge in [0, 0.05) is 54.9 Å². The lowest BCUT2D eigenvalue weighted by atomic mass is 10.1. The molecule has 0 aromatic carbocycles. The fourth-order valence-corrected chi connectivity index (χ4v) is 2.54. The highest BCUT2D eigenvalue weighted by Gasteiger charge is 2.10. The van der Waals surface area contributed by atoms with Crippen LogP contribution in [0.15, 0.2) is 49.1 Å². The summed E-state index contributed by atoms with van der Waals surface area (Å²) in [4.78, 5) is 29.1. The van der Waals surface area contributed by atoms with E-state index in [9.17, 15) is 4.79 Å². The fraction of sp³-hybridized carbons (Fsp3) is 0.211. The van der Waals surface area contributed by atoms with Crippen LogP contribution in [-0.4, -0.2) is 39.5 Å². The summed E-state index contributed by atoms with van der Waals surface area (Å²) in [6.07, 6.45) is 7.41. The van der Waals surface area contributed by atoms with Gasteiger partial charge in [-0.15, -0.1) is 0 Å². The van der Waals surface area contributed by atoms with Crippen molar-refractivity contribution in [3.05, 3.63) is 66.1 Å². The molecule has 3 rings (SSSR count). The second-order valence-corrected chi connectivity index (χ2v) is 5.61. The second kappa shape index (κ2) is 8.15. The van der Waals surface area contributed by atoms with Crippen molar-refractivity contribution in [2.75, 3.05) is 13.7 Å². The van der Waals surface area contributed by atoms with Crippen LogP contribution in [0, 0.1) is 6.92 Å². The molecule has 132 valence electrons. The summed E-state index contributed by atoms with van der Waals surface area (Å²) in [5, 5.41) is 2.90. The Balaban J connectivity index is 1.70. The van der Waals surface area contributed by atoms with Crippen molar-refractivity contribution in [2.24, 2.45) is 0 Å². The van der Waals surface area contributed by atoms with E-state index in [1.54, 1.807) is 30.7 Å². The van der Waals surface area contributed by atoms with Crippen molar-refractivity contribution in [1.82, 2.24) is 25.3 Å². The molecule has 0 aliphatic carbocycles. The molecule has 1 amide bonds. The quantitative estimate of drug-likeness (QED) is 0.734. The summed E-state index contributed by atoms with van der Waals surface area (Å²) in [7, 11) is 1.52. The van der Waals surface area contributed by atoms with E-state index in [0.29, 0.717) is 30.2 Å². The van der Waals surface area contributed by atoms with Gasteiger partial charge in [0.15, 0.2) is 0 Å². The first-order valence-corrected chi connectivity index (χ1v) is 8.18. The Bertz CT molecular complexity index is 899. The second-order valence-electron chi connectivity index (χ2n) is 5.61. The molecule has 0 aliphatic heterocycles. The molecule has 1 N–H and O–H groups in total. The molecule has 0 aliphatic rings. The Hall–Kier alpha value is -3.35. The number of amides is 1. The van der Waals surface area contributed by atoms with Crippen molar-refractivity contribution in [3.8, 4) is 17.0 Å². The van der Waals surface area contributed by atoms with Gasteiger partial charge in [0.2, 0.25) is 5.88 Å². The smallest absolute Gasteiger partial charge is 0.251 e. The highest BCUT2D eigenvalue weighted by molar-refractivity contribution is 5.94. The molecule has 7 nitrogen and oxygen atoms in total. The first-order chi connectivity index (χ1) is 12.7. The zero-order chi connectivity index (χ0) is 18.4. The van der Waals surface area contributed by atoms with Crippen molar-refractivity contribution in [3.63, 3.8) is 0 Å². The van der Waals surface area contributed by atoms with Crippen LogP contribution in [0.5, 0.6) is 5.88 Å². The summed E-state index contributed by atoms with van der Waals surface area (Å²) >= 11 is 0. The van der Waals surface area contributed by atoms with Gasteiger partial charge in [0.1, 0.15) is 5.82 Å². The van der Waals surface area contributed by atoms with Gasteiger partial charge in [-0.1, -0.05) is 0 Å². The van der Waals surface area contributed by atoms with Gasteiger partial charge >= 0.3 is 0 Å². The highest BCUT2D eigenvalue weighted by atomic mass is 16.5. The number of nitrogens with zero attached hydrogens (tertiary/aromatic N) is 4. The molecule has 3 aromatic heterocycles. The Morgan fingerprint density at radius 1 is 1.15 bits per heavy atom. The molecule has 0 saturated heterocycles. The average Bonchev–Trinajstić information content (AvgIpc) is 2.69. The van der Waals surface area contributed by atoms with Crippen LogP contribution in [-0.2, 0) is 6.42 Å². The van der Waals surface area contributed by atoms with Crippen LogP contribution < -0.4 is 10.1 Å². The van der Waals surface area contributed by atoms with Crippen LogP contribution in [0.25, 0.3) is 11.1 Å². The minimum Gasteiger partial charge on any atom is -0.481 e. The van der Waals surface area contributed by atoms with E-state index in [0.717, 1.165) is 16.8 Å². The molecule has 7 heteroatoms. The van der Waals surface area contributed by atoms with Crippen LogP contribution >= 0.6 is 0 Å². The van der Waals surface area contributed by atoms with E-state index in [-0.39, 0.29) is 5.91 Å². The summed E-state index contributed by atoms with van der Waals surface area (Å²) in [5.41, 5.74) is 3.33. The number of aromatic nitrogens is 4. The predicted molar refractivity (Wildman–Crippen MR) is 96.8 cm³/mol. The van der Waals surface area contributed by atoms with Gasteiger partial charge in [-0.05, 0) is 30.7 Å². The Morgan fingerprint density at radius 2 is 1.96 bits per heavy atom. The SMILES string of the molecule is COc1cc(C(=O)NCCc2nc(C)ncc2-c2ccncc2)ccn1. The molecule has 0 radical (unpaired) electrons. The maximum Gasteiger partial charge on any atom is 0.251 e. The Kier molecular flexibility index (Phi) is 5.48. The van der Waals surface area contributed by atoms with Crippen LogP contribution in [0.2, 0.25) is 0 Å². The lowest BCUT2D eigenvalue weighted by molar-refractivity contribution is 0.0953. The first kappa shape index (κ1) is 17.5. The summed E-state index contributed by atoms with van der Waals surface area (Å²) < 4.78 is 5.04. The maximum absolute atomic E-state index is 12.3. The molecule has 0 bridgehead atoms. The van der Waals surface area contributed by atoms with Crippen molar-refractivity contribution < 1.29 is 9.53 Å². The number of carbonyl (C=O) groups is 1. The first-order valence-electron chi connectivity index (χ1n) is 8.18. The molecule has 3 heterocycles. The third-order valence-corrected chi connectivity index (χ3v) is 3.83. The molecule has 0 atom stereocenters. The van der Waals surface area contributed by atoms with Crippen LogP contribution in [0.1, 0.15) is 21.9 Å². The van der Waals surface area contributed by atoms with E-state index >= 15 is 0 Å². The monoisotopic (exact) mass is 349 g/mol. The lowest BCUT2D eigenvalue weighted by Crippen LogP contribution is -2.26. The van der Waals surface area contributed by atoms with Gasteiger partial charge in [-0.3, -0.25) is 9.78 Å². The zero-order valence-corrected chi connectivity index (χ0v) is 14.6. The fourth-order valence-electron chi connectivity index (χ4n) is 2.54. The molecule has 0 unspecified atom stereocenters. The van der Waals surface area contributed by atoms with Crippen LogP contribution in [0.4, 0.5) is 0 Å². The number of ether oxygens (including phenoxy) is 1. The van der Waals surface area contributed by atoms with Crippen molar-refractivity contribution in [1.29, 1.82) is 0 Å². The number of carbonyl (C=O) groups excluding carboxylic acids is 1. The van der Waals surface area contributed by atoms with Gasteiger partial charge in [-0.2, -0.15) is 0 Å². The zero-order valence-electron chi connectivity index (χ0n) is 14.6. The Morgan fingerprint density at radius 3 is 2.73 bits per heavy atom. The van der Waals surface area contributed by atoms with E-state index in [1.807, 2.05) is 25.3 Å². The number of nitrogens with one attached hydrogen (secondary N) is 1. The number of hydrogen-bond donors (Lipinski definition) is 1. The molecular formula is C19H19N5O2. The third kappa shape index (κ3) is 4.18. The lowest BCUT2D eigenvalue weighted by Gasteiger charge is -2.10. The standard InChI is InChI=1S/C19H19N5O2/c1-13-23-12-16(14-3-7-20-8-4-14)17(24-13)6-10-22-19(25)15-5-9-21-18(11-15)26-2/h3-5,7-9,11-12H,6,10H2,1-2H3,(H,22,25). The summed E-state index contributed by atoms with van der Waals surface area (Å²) in [6, 6.07) is 7.08. The topological polar surface area (TPSA) is 89.9 Å². The summed E-state index contributed by atoms with van der Waals surface area (Å²) in [6.45, 7) is 2.31. The van der Waals surface area contributed by atoms with Crippen molar-refractivity contribution in [2.45, 2.75) is 13.3 Å². The van der Waals surface area contributed by atoms with Gasteiger partial charge in [0.05, 0.1) is 12.8 Å². The largest absolute Gasteiger partial charge is 0.481 e. The summed E-state index contributed by atoms with van der Waals surface area (Å²) in [5.74, 6) is 0.925. The number of hydrogen-bond acceptors (Lipinski definition) is 6. The molecule has 0 saturated carbocycles. The van der Waals surface area contributed by atoms with Gasteiger partial charge < -0.3 is 10.1 Å². The van der Waals surface area contributed by atoms with E-state index in [4.69, 9.17) is 4.74 Å².